The van der Waals surface area contributed by atoms with Crippen LogP contribution in [0.4, 0.5) is 0 Å². The number of nitrogens with zero attached hydrogens (tertiary/aromatic N) is 3. The molecule has 0 bridgehead atoms. The Bertz CT molecular complexity index is 275. The Morgan fingerprint density at radius 1 is 1.54 bits per heavy atom. The van der Waals surface area contributed by atoms with Crippen molar-refractivity contribution >= 4 is 11.6 Å². The van der Waals surface area contributed by atoms with E-state index >= 15 is 0 Å². The standard InChI is InChI=1S/C9H16ClN3/c1-7(9(2,3)4)5-13-6-11-12-8(13)10/h6-7H,5H2,1-4H3. The molecule has 74 valence electrons. The van der Waals surface area contributed by atoms with Crippen molar-refractivity contribution in [3.05, 3.63) is 11.6 Å². The molecule has 13 heavy (non-hydrogen) atoms. The minimum absolute atomic E-state index is 0.285. The molecule has 4 heteroatoms. The molecule has 0 amide bonds. The summed E-state index contributed by atoms with van der Waals surface area (Å²) in [7, 11) is 0. The Morgan fingerprint density at radius 2 is 2.15 bits per heavy atom. The van der Waals surface area contributed by atoms with Gasteiger partial charge >= 0.3 is 0 Å². The highest BCUT2D eigenvalue weighted by Gasteiger charge is 2.20. The Morgan fingerprint density at radius 3 is 2.54 bits per heavy atom. The number of halogens is 1. The van der Waals surface area contributed by atoms with E-state index < -0.39 is 0 Å². The largest absolute Gasteiger partial charge is 0.304 e. The van der Waals surface area contributed by atoms with Crippen LogP contribution in [0.1, 0.15) is 27.7 Å². The Kier molecular flexibility index (Phi) is 2.96. The van der Waals surface area contributed by atoms with Gasteiger partial charge in [-0.2, -0.15) is 0 Å². The summed E-state index contributed by atoms with van der Waals surface area (Å²) in [5.74, 6) is 0.543. The SMILES string of the molecule is CC(Cn1cnnc1Cl)C(C)(C)C. The summed E-state index contributed by atoms with van der Waals surface area (Å²) in [6, 6.07) is 0. The summed E-state index contributed by atoms with van der Waals surface area (Å²) in [5, 5.41) is 7.94. The molecule has 0 N–H and O–H groups in total. The molecule has 0 spiro atoms. The van der Waals surface area contributed by atoms with Gasteiger partial charge in [0, 0.05) is 6.54 Å². The van der Waals surface area contributed by atoms with Crippen molar-refractivity contribution in [2.75, 3.05) is 0 Å². The number of hydrogen-bond acceptors (Lipinski definition) is 2. The lowest BCUT2D eigenvalue weighted by Crippen LogP contribution is -2.22. The molecular formula is C9H16ClN3. The van der Waals surface area contributed by atoms with Crippen LogP contribution >= 0.6 is 11.6 Å². The van der Waals surface area contributed by atoms with Crippen LogP contribution in [0.3, 0.4) is 0 Å². The maximum atomic E-state index is 5.82. The highest BCUT2D eigenvalue weighted by atomic mass is 35.5. The first-order valence-corrected chi connectivity index (χ1v) is 4.82. The first kappa shape index (κ1) is 10.5. The van der Waals surface area contributed by atoms with Crippen molar-refractivity contribution in [1.82, 2.24) is 14.8 Å². The second-order valence-corrected chi connectivity index (χ2v) is 4.86. The lowest BCUT2D eigenvalue weighted by Gasteiger charge is -2.27. The van der Waals surface area contributed by atoms with Crippen LogP contribution in [-0.2, 0) is 6.54 Å². The summed E-state index contributed by atoms with van der Waals surface area (Å²) in [6.07, 6.45) is 1.67. The molecule has 0 saturated carbocycles. The van der Waals surface area contributed by atoms with Crippen LogP contribution in [0.2, 0.25) is 5.28 Å². The van der Waals surface area contributed by atoms with Crippen LogP contribution < -0.4 is 0 Å². The summed E-state index contributed by atoms with van der Waals surface area (Å²) in [5.41, 5.74) is 0.285. The van der Waals surface area contributed by atoms with Gasteiger partial charge in [-0.15, -0.1) is 10.2 Å². The third-order valence-corrected chi connectivity index (χ3v) is 2.81. The van der Waals surface area contributed by atoms with Crippen LogP contribution in [-0.4, -0.2) is 14.8 Å². The van der Waals surface area contributed by atoms with Gasteiger partial charge in [0.15, 0.2) is 0 Å². The zero-order valence-corrected chi connectivity index (χ0v) is 9.34. The molecule has 0 aliphatic rings. The molecule has 0 aliphatic carbocycles. The smallest absolute Gasteiger partial charge is 0.224 e. The average Bonchev–Trinajstić information content (AvgIpc) is 2.34. The van der Waals surface area contributed by atoms with Crippen molar-refractivity contribution in [3.63, 3.8) is 0 Å². The maximum absolute atomic E-state index is 5.82. The Labute approximate surface area is 84.1 Å². The molecular weight excluding hydrogens is 186 g/mol. The van der Waals surface area contributed by atoms with Gasteiger partial charge in [-0.05, 0) is 22.9 Å². The molecule has 3 nitrogen and oxygen atoms in total. The van der Waals surface area contributed by atoms with Crippen molar-refractivity contribution in [3.8, 4) is 0 Å². The molecule has 1 atom stereocenters. The van der Waals surface area contributed by atoms with Gasteiger partial charge in [0.1, 0.15) is 6.33 Å². The highest BCUT2D eigenvalue weighted by molar-refractivity contribution is 6.28. The van der Waals surface area contributed by atoms with Gasteiger partial charge in [0.25, 0.3) is 0 Å². The molecule has 0 aromatic carbocycles. The summed E-state index contributed by atoms with van der Waals surface area (Å²) < 4.78 is 1.87. The summed E-state index contributed by atoms with van der Waals surface area (Å²) >= 11 is 5.82. The number of aromatic nitrogens is 3. The van der Waals surface area contributed by atoms with Gasteiger partial charge in [-0.25, -0.2) is 0 Å². The lowest BCUT2D eigenvalue weighted by molar-refractivity contribution is 0.232. The number of rotatable bonds is 2. The zero-order chi connectivity index (χ0) is 10.1. The van der Waals surface area contributed by atoms with E-state index in [2.05, 4.69) is 37.9 Å². The van der Waals surface area contributed by atoms with Gasteiger partial charge in [0.2, 0.25) is 5.28 Å². The lowest BCUT2D eigenvalue weighted by atomic mass is 9.82. The van der Waals surface area contributed by atoms with Crippen LogP contribution in [0.15, 0.2) is 6.33 Å². The molecule has 0 aliphatic heterocycles. The second-order valence-electron chi connectivity index (χ2n) is 4.52. The summed E-state index contributed by atoms with van der Waals surface area (Å²) in [6.45, 7) is 9.73. The van der Waals surface area contributed by atoms with E-state index in [9.17, 15) is 0 Å². The van der Waals surface area contributed by atoms with Gasteiger partial charge in [0.05, 0.1) is 0 Å². The Balaban J connectivity index is 2.65. The first-order chi connectivity index (χ1) is 5.91. The van der Waals surface area contributed by atoms with Crippen LogP contribution in [0, 0.1) is 11.3 Å². The van der Waals surface area contributed by atoms with Crippen molar-refractivity contribution in [2.45, 2.75) is 34.2 Å². The molecule has 1 aromatic rings. The minimum atomic E-state index is 0.285. The van der Waals surface area contributed by atoms with E-state index in [-0.39, 0.29) is 5.41 Å². The maximum Gasteiger partial charge on any atom is 0.224 e. The molecule has 1 aromatic heterocycles. The van der Waals surface area contributed by atoms with Gasteiger partial charge in [-0.1, -0.05) is 27.7 Å². The topological polar surface area (TPSA) is 30.7 Å². The van der Waals surface area contributed by atoms with E-state index in [1.54, 1.807) is 6.33 Å². The molecule has 0 radical (unpaired) electrons. The summed E-state index contributed by atoms with van der Waals surface area (Å²) in [4.78, 5) is 0. The fourth-order valence-corrected chi connectivity index (χ4v) is 1.09. The molecule has 0 saturated heterocycles. The normalized spacial score (nSPS) is 14.5. The fraction of sp³-hybridized carbons (Fsp3) is 0.778. The van der Waals surface area contributed by atoms with E-state index in [0.29, 0.717) is 11.2 Å². The molecule has 1 heterocycles. The number of hydrogen-bond donors (Lipinski definition) is 0. The van der Waals surface area contributed by atoms with E-state index in [4.69, 9.17) is 11.6 Å². The quantitative estimate of drug-likeness (QED) is 0.737. The third-order valence-electron chi connectivity index (χ3n) is 2.52. The predicted octanol–water partition coefficient (Wildman–Crippen LogP) is 2.61. The predicted molar refractivity (Wildman–Crippen MR) is 53.7 cm³/mol. The molecule has 1 rings (SSSR count). The second kappa shape index (κ2) is 3.66. The molecule has 0 fully saturated rings. The fourth-order valence-electron chi connectivity index (χ4n) is 0.932. The average molecular weight is 202 g/mol. The third kappa shape index (κ3) is 2.69. The van der Waals surface area contributed by atoms with E-state index in [1.165, 1.54) is 0 Å². The minimum Gasteiger partial charge on any atom is -0.304 e. The monoisotopic (exact) mass is 201 g/mol. The van der Waals surface area contributed by atoms with Crippen molar-refractivity contribution in [2.24, 2.45) is 11.3 Å². The van der Waals surface area contributed by atoms with E-state index in [1.807, 2.05) is 4.57 Å². The van der Waals surface area contributed by atoms with Crippen LogP contribution in [0.25, 0.3) is 0 Å². The van der Waals surface area contributed by atoms with Gasteiger partial charge < -0.3 is 4.57 Å². The Hall–Kier alpha value is -0.570. The van der Waals surface area contributed by atoms with E-state index in [0.717, 1.165) is 6.54 Å². The first-order valence-electron chi connectivity index (χ1n) is 4.44. The highest BCUT2D eigenvalue weighted by Crippen LogP contribution is 2.27. The zero-order valence-electron chi connectivity index (χ0n) is 8.58. The molecule has 1 unspecified atom stereocenters. The van der Waals surface area contributed by atoms with Crippen LogP contribution in [0.5, 0.6) is 0 Å². The van der Waals surface area contributed by atoms with Crippen molar-refractivity contribution < 1.29 is 0 Å². The van der Waals surface area contributed by atoms with Crippen molar-refractivity contribution in [1.29, 1.82) is 0 Å². The van der Waals surface area contributed by atoms with Gasteiger partial charge in [-0.3, -0.25) is 0 Å².